The van der Waals surface area contributed by atoms with Crippen molar-refractivity contribution in [3.05, 3.63) is 28.8 Å². The number of rotatable bonds is 5. The van der Waals surface area contributed by atoms with E-state index in [2.05, 4.69) is 0 Å². The van der Waals surface area contributed by atoms with E-state index >= 15 is 0 Å². The monoisotopic (exact) mass is 241 g/mol. The molecule has 0 heterocycles. The third-order valence-electron chi connectivity index (χ3n) is 2.26. The van der Waals surface area contributed by atoms with Crippen LogP contribution in [0, 0.1) is 0 Å². The Morgan fingerprint density at radius 1 is 1.44 bits per heavy atom. The normalized spacial score (nSPS) is 10.6. The van der Waals surface area contributed by atoms with Crippen LogP contribution in [-0.4, -0.2) is 38.4 Å². The summed E-state index contributed by atoms with van der Waals surface area (Å²) in [7, 11) is 5.39. The maximum Gasteiger partial charge on any atom is 0.169 e. The van der Waals surface area contributed by atoms with Gasteiger partial charge in [-0.3, -0.25) is 4.79 Å². The molecule has 0 amide bonds. The zero-order valence-corrected chi connectivity index (χ0v) is 10.5. The molecule has 0 unspecified atom stereocenters. The third kappa shape index (κ3) is 3.22. The Hall–Kier alpha value is -1.06. The minimum Gasteiger partial charge on any atom is -0.496 e. The molecule has 1 aromatic carbocycles. The highest BCUT2D eigenvalue weighted by Gasteiger charge is 2.15. The zero-order valence-electron chi connectivity index (χ0n) is 9.79. The first kappa shape index (κ1) is 13.0. The van der Waals surface area contributed by atoms with Crippen LogP contribution in [0.2, 0.25) is 5.02 Å². The highest BCUT2D eigenvalue weighted by atomic mass is 35.5. The molecule has 4 heteroatoms. The van der Waals surface area contributed by atoms with Crippen LogP contribution in [0.5, 0.6) is 5.75 Å². The second kappa shape index (κ2) is 5.87. The molecule has 0 aliphatic rings. The molecule has 16 heavy (non-hydrogen) atoms. The molecule has 3 nitrogen and oxygen atoms in total. The predicted molar refractivity (Wildman–Crippen MR) is 65.5 cm³/mol. The van der Waals surface area contributed by atoms with E-state index in [0.29, 0.717) is 29.3 Å². The average Bonchev–Trinajstić information content (AvgIpc) is 2.25. The lowest BCUT2D eigenvalue weighted by molar-refractivity contribution is 0.0970. The summed E-state index contributed by atoms with van der Waals surface area (Å²) in [6, 6.07) is 5.21. The number of hydrogen-bond donors (Lipinski definition) is 0. The fourth-order valence-electron chi connectivity index (χ4n) is 1.40. The molecule has 0 aliphatic carbocycles. The van der Waals surface area contributed by atoms with Gasteiger partial charge in [0.25, 0.3) is 0 Å². The molecule has 0 aliphatic heterocycles. The van der Waals surface area contributed by atoms with Crippen molar-refractivity contribution in [3.63, 3.8) is 0 Å². The third-order valence-corrected chi connectivity index (χ3v) is 2.58. The van der Waals surface area contributed by atoms with E-state index in [0.717, 1.165) is 0 Å². The van der Waals surface area contributed by atoms with Gasteiger partial charge < -0.3 is 9.64 Å². The van der Waals surface area contributed by atoms with Crippen molar-refractivity contribution in [3.8, 4) is 5.75 Å². The topological polar surface area (TPSA) is 29.5 Å². The van der Waals surface area contributed by atoms with E-state index in [-0.39, 0.29) is 5.78 Å². The van der Waals surface area contributed by atoms with Crippen LogP contribution in [0.15, 0.2) is 18.2 Å². The molecule has 1 rings (SSSR count). The van der Waals surface area contributed by atoms with Gasteiger partial charge in [0.1, 0.15) is 5.75 Å². The van der Waals surface area contributed by atoms with Crippen molar-refractivity contribution in [1.29, 1.82) is 0 Å². The number of benzene rings is 1. The van der Waals surface area contributed by atoms with Crippen LogP contribution in [0.25, 0.3) is 0 Å². The Balaban J connectivity index is 2.89. The van der Waals surface area contributed by atoms with Crippen LogP contribution in [0.1, 0.15) is 16.8 Å². The molecule has 0 atom stereocenters. The number of halogens is 1. The van der Waals surface area contributed by atoms with E-state index in [1.165, 1.54) is 7.11 Å². The summed E-state index contributed by atoms with van der Waals surface area (Å²) in [5.74, 6) is 0.549. The summed E-state index contributed by atoms with van der Waals surface area (Å²) in [5.41, 5.74) is 0.480. The Morgan fingerprint density at radius 2 is 2.12 bits per heavy atom. The fraction of sp³-hybridized carbons (Fsp3) is 0.417. The number of nitrogens with zero attached hydrogens (tertiary/aromatic N) is 1. The van der Waals surface area contributed by atoms with E-state index < -0.39 is 0 Å². The number of Topliss-reactive ketones (excluding diaryl/α,β-unsaturated/α-hetero) is 1. The highest BCUT2D eigenvalue weighted by molar-refractivity contribution is 6.34. The first-order valence-electron chi connectivity index (χ1n) is 5.06. The molecule has 0 fully saturated rings. The molecule has 0 spiro atoms. The van der Waals surface area contributed by atoms with Crippen molar-refractivity contribution in [1.82, 2.24) is 4.90 Å². The number of carbonyl (C=O) groups is 1. The Bertz CT molecular complexity index is 377. The molecular formula is C12H16ClNO2. The lowest BCUT2D eigenvalue weighted by Gasteiger charge is -2.11. The van der Waals surface area contributed by atoms with Crippen molar-refractivity contribution in [2.45, 2.75) is 6.42 Å². The van der Waals surface area contributed by atoms with Gasteiger partial charge in [0.2, 0.25) is 0 Å². The van der Waals surface area contributed by atoms with Gasteiger partial charge in [0.15, 0.2) is 5.78 Å². The van der Waals surface area contributed by atoms with Gasteiger partial charge in [-0.05, 0) is 26.2 Å². The standard InChI is InChI=1S/C12H16ClNO2/c1-14(2)8-7-10(15)12-9(13)5-4-6-11(12)16-3/h4-6H,7-8H2,1-3H3. The summed E-state index contributed by atoms with van der Waals surface area (Å²) in [4.78, 5) is 13.9. The van der Waals surface area contributed by atoms with Crippen LogP contribution < -0.4 is 4.74 Å². The van der Waals surface area contributed by atoms with Crippen LogP contribution in [-0.2, 0) is 0 Å². The van der Waals surface area contributed by atoms with Crippen LogP contribution in [0.4, 0.5) is 0 Å². The molecule has 88 valence electrons. The van der Waals surface area contributed by atoms with Gasteiger partial charge in [-0.15, -0.1) is 0 Å². The maximum atomic E-state index is 12.0. The Morgan fingerprint density at radius 3 is 2.69 bits per heavy atom. The smallest absolute Gasteiger partial charge is 0.169 e. The minimum atomic E-state index is 0.0103. The minimum absolute atomic E-state index is 0.0103. The SMILES string of the molecule is COc1cccc(Cl)c1C(=O)CCN(C)C. The largest absolute Gasteiger partial charge is 0.496 e. The van der Waals surface area contributed by atoms with Crippen molar-refractivity contribution in [2.75, 3.05) is 27.7 Å². The van der Waals surface area contributed by atoms with Crippen molar-refractivity contribution >= 4 is 17.4 Å². The highest BCUT2D eigenvalue weighted by Crippen LogP contribution is 2.27. The van der Waals surface area contributed by atoms with Gasteiger partial charge in [0.05, 0.1) is 17.7 Å². The first-order chi connectivity index (χ1) is 7.56. The van der Waals surface area contributed by atoms with Crippen LogP contribution in [0.3, 0.4) is 0 Å². The molecule has 0 bridgehead atoms. The molecule has 0 saturated carbocycles. The summed E-state index contributed by atoms with van der Waals surface area (Å²) >= 11 is 6.00. The zero-order chi connectivity index (χ0) is 12.1. The van der Waals surface area contributed by atoms with Gasteiger partial charge in [-0.2, -0.15) is 0 Å². The predicted octanol–water partition coefficient (Wildman–Crippen LogP) is 2.48. The van der Waals surface area contributed by atoms with Crippen molar-refractivity contribution in [2.24, 2.45) is 0 Å². The summed E-state index contributed by atoms with van der Waals surface area (Å²) in [6.07, 6.45) is 0.438. The molecule has 0 saturated heterocycles. The molecule has 1 aromatic rings. The summed E-state index contributed by atoms with van der Waals surface area (Å²) in [6.45, 7) is 0.702. The fourth-order valence-corrected chi connectivity index (χ4v) is 1.67. The Labute approximate surface area is 101 Å². The Kier molecular flexibility index (Phi) is 4.77. The van der Waals surface area contributed by atoms with Gasteiger partial charge in [-0.25, -0.2) is 0 Å². The molecule has 0 aromatic heterocycles. The average molecular weight is 242 g/mol. The number of carbonyl (C=O) groups excluding carboxylic acids is 1. The first-order valence-corrected chi connectivity index (χ1v) is 5.44. The van der Waals surface area contributed by atoms with Gasteiger partial charge >= 0.3 is 0 Å². The summed E-state index contributed by atoms with van der Waals surface area (Å²) < 4.78 is 5.14. The van der Waals surface area contributed by atoms with E-state index in [9.17, 15) is 4.79 Å². The molecule has 0 N–H and O–H groups in total. The van der Waals surface area contributed by atoms with E-state index in [1.54, 1.807) is 18.2 Å². The quantitative estimate of drug-likeness (QED) is 0.742. The lowest BCUT2D eigenvalue weighted by Crippen LogP contribution is -2.17. The summed E-state index contributed by atoms with van der Waals surface area (Å²) in [5, 5.41) is 0.447. The number of hydrogen-bond acceptors (Lipinski definition) is 3. The number of methoxy groups -OCH3 is 1. The second-order valence-electron chi connectivity index (χ2n) is 3.79. The van der Waals surface area contributed by atoms with Crippen molar-refractivity contribution < 1.29 is 9.53 Å². The maximum absolute atomic E-state index is 12.0. The number of ether oxygens (including phenoxy) is 1. The molecular weight excluding hydrogens is 226 g/mol. The second-order valence-corrected chi connectivity index (χ2v) is 4.20. The van der Waals surface area contributed by atoms with E-state index in [1.807, 2.05) is 19.0 Å². The van der Waals surface area contributed by atoms with Gasteiger partial charge in [0, 0.05) is 13.0 Å². The lowest BCUT2D eigenvalue weighted by atomic mass is 10.1. The van der Waals surface area contributed by atoms with Gasteiger partial charge in [-0.1, -0.05) is 17.7 Å². The number of ketones is 1. The van der Waals surface area contributed by atoms with Crippen LogP contribution >= 0.6 is 11.6 Å². The molecule has 0 radical (unpaired) electrons. The van der Waals surface area contributed by atoms with E-state index in [4.69, 9.17) is 16.3 Å².